The average Bonchev–Trinajstić information content (AvgIpc) is 3.42. The summed E-state index contributed by atoms with van der Waals surface area (Å²) in [5.74, 6) is 2.87. The van der Waals surface area contributed by atoms with Crippen LogP contribution in [0.25, 0.3) is 0 Å². The van der Waals surface area contributed by atoms with Gasteiger partial charge in [0.25, 0.3) is 0 Å². The first-order chi connectivity index (χ1) is 13.5. The van der Waals surface area contributed by atoms with Gasteiger partial charge in [0, 0.05) is 12.1 Å². The van der Waals surface area contributed by atoms with E-state index in [2.05, 4.69) is 39.3 Å². The maximum Gasteiger partial charge on any atom is 0.415 e. The van der Waals surface area contributed by atoms with Crippen LogP contribution in [0.4, 0.5) is 16.6 Å². The quantitative estimate of drug-likeness (QED) is 0.801. The lowest BCUT2D eigenvalue weighted by Gasteiger charge is -2.23. The van der Waals surface area contributed by atoms with Gasteiger partial charge >= 0.3 is 6.09 Å². The molecule has 3 heterocycles. The molecule has 2 aromatic rings. The Labute approximate surface area is 163 Å². The molecule has 0 aromatic carbocycles. The van der Waals surface area contributed by atoms with Gasteiger partial charge in [-0.1, -0.05) is 31.8 Å². The van der Waals surface area contributed by atoms with E-state index in [1.54, 1.807) is 17.2 Å². The highest BCUT2D eigenvalue weighted by molar-refractivity contribution is 5.89. The molecule has 2 fully saturated rings. The molecule has 9 heteroatoms. The van der Waals surface area contributed by atoms with Crippen LogP contribution in [0, 0.1) is 5.92 Å². The number of amides is 1. The molecule has 1 aliphatic carbocycles. The van der Waals surface area contributed by atoms with E-state index in [9.17, 15) is 4.79 Å². The summed E-state index contributed by atoms with van der Waals surface area (Å²) < 4.78 is 10.7. The molecule has 0 unspecified atom stereocenters. The van der Waals surface area contributed by atoms with E-state index in [1.807, 2.05) is 6.92 Å². The normalized spacial score (nSPS) is 21.4. The predicted octanol–water partition coefficient (Wildman–Crippen LogP) is 3.67. The predicted molar refractivity (Wildman–Crippen MR) is 102 cm³/mol. The topological polar surface area (TPSA) is 106 Å². The highest BCUT2D eigenvalue weighted by Crippen LogP contribution is 2.33. The highest BCUT2D eigenvalue weighted by Gasteiger charge is 2.37. The molecule has 28 heavy (non-hydrogen) atoms. The fourth-order valence-corrected chi connectivity index (χ4v) is 3.77. The number of rotatable bonds is 6. The van der Waals surface area contributed by atoms with Crippen molar-refractivity contribution in [1.29, 1.82) is 0 Å². The maximum atomic E-state index is 12.2. The third-order valence-electron chi connectivity index (χ3n) is 5.46. The van der Waals surface area contributed by atoms with Crippen LogP contribution in [0.1, 0.15) is 70.1 Å². The van der Waals surface area contributed by atoms with Gasteiger partial charge < -0.3 is 14.6 Å². The summed E-state index contributed by atoms with van der Waals surface area (Å²) in [5.41, 5.74) is 0. The number of nitrogens with one attached hydrogen (secondary N) is 1. The van der Waals surface area contributed by atoms with Crippen LogP contribution in [0.2, 0.25) is 0 Å². The Morgan fingerprint density at radius 3 is 2.75 bits per heavy atom. The number of carbonyl (C=O) groups is 1. The van der Waals surface area contributed by atoms with Crippen LogP contribution in [0.15, 0.2) is 16.8 Å². The largest absolute Gasteiger partial charge is 0.447 e. The molecular weight excluding hydrogens is 360 g/mol. The lowest BCUT2D eigenvalue weighted by molar-refractivity contribution is 0.177. The van der Waals surface area contributed by atoms with Crippen molar-refractivity contribution < 1.29 is 14.1 Å². The fraction of sp³-hybridized carbons (Fsp3) is 0.632. The van der Waals surface area contributed by atoms with Crippen LogP contribution < -0.4 is 10.2 Å². The van der Waals surface area contributed by atoms with Gasteiger partial charge in [-0.2, -0.15) is 9.97 Å². The standard InChI is InChI=1S/C19H26N6O3/c1-11(2)14-10-27-19(26)25(14)15-8-9-20-18(22-15)21-12(3)17-23-16(24-28-17)13-6-4-5-7-13/h8-9,11-14H,4-7,10H2,1-3H3,(H,20,21,22)/t12-,14+/m0/s1. The Hall–Kier alpha value is -2.71. The number of hydrogen-bond donors (Lipinski definition) is 1. The molecule has 150 valence electrons. The van der Waals surface area contributed by atoms with Gasteiger partial charge in [0.2, 0.25) is 11.8 Å². The molecule has 1 amide bonds. The Morgan fingerprint density at radius 1 is 1.21 bits per heavy atom. The minimum atomic E-state index is -0.380. The van der Waals surface area contributed by atoms with E-state index in [1.165, 1.54) is 12.8 Å². The molecule has 1 aliphatic heterocycles. The van der Waals surface area contributed by atoms with E-state index < -0.39 is 0 Å². The van der Waals surface area contributed by atoms with Gasteiger partial charge in [-0.25, -0.2) is 9.78 Å². The monoisotopic (exact) mass is 386 g/mol. The van der Waals surface area contributed by atoms with Gasteiger partial charge in [-0.15, -0.1) is 0 Å². The lowest BCUT2D eigenvalue weighted by Crippen LogP contribution is -2.37. The second-order valence-corrected chi connectivity index (χ2v) is 7.83. The van der Waals surface area contributed by atoms with Crippen molar-refractivity contribution in [2.45, 2.75) is 64.5 Å². The summed E-state index contributed by atoms with van der Waals surface area (Å²) in [4.78, 5) is 27.1. The van der Waals surface area contributed by atoms with Crippen molar-refractivity contribution in [3.8, 4) is 0 Å². The smallest absolute Gasteiger partial charge is 0.415 e. The zero-order chi connectivity index (χ0) is 19.7. The van der Waals surface area contributed by atoms with E-state index >= 15 is 0 Å². The average molecular weight is 386 g/mol. The summed E-state index contributed by atoms with van der Waals surface area (Å²) in [6, 6.07) is 1.42. The van der Waals surface area contributed by atoms with Gasteiger partial charge in [0.1, 0.15) is 18.5 Å². The molecule has 0 spiro atoms. The molecule has 1 saturated heterocycles. The van der Waals surface area contributed by atoms with Crippen LogP contribution in [0.3, 0.4) is 0 Å². The van der Waals surface area contributed by atoms with Crippen molar-refractivity contribution in [1.82, 2.24) is 20.1 Å². The molecule has 2 aromatic heterocycles. The zero-order valence-electron chi connectivity index (χ0n) is 16.5. The fourth-order valence-electron chi connectivity index (χ4n) is 3.77. The molecule has 0 radical (unpaired) electrons. The number of aromatic nitrogens is 4. The molecule has 1 saturated carbocycles. The second-order valence-electron chi connectivity index (χ2n) is 7.83. The summed E-state index contributed by atoms with van der Waals surface area (Å²) in [5, 5.41) is 7.33. The summed E-state index contributed by atoms with van der Waals surface area (Å²) >= 11 is 0. The zero-order valence-corrected chi connectivity index (χ0v) is 16.5. The molecule has 0 bridgehead atoms. The summed E-state index contributed by atoms with van der Waals surface area (Å²) in [7, 11) is 0. The SMILES string of the molecule is CC(C)[C@H]1COC(=O)N1c1ccnc(N[C@@H](C)c2nc(C3CCCC3)no2)n1. The second kappa shape index (κ2) is 7.73. The Morgan fingerprint density at radius 2 is 2.00 bits per heavy atom. The van der Waals surface area contributed by atoms with Crippen LogP contribution in [-0.2, 0) is 4.74 Å². The van der Waals surface area contributed by atoms with Crippen molar-refractivity contribution >= 4 is 17.9 Å². The number of hydrogen-bond acceptors (Lipinski definition) is 8. The van der Waals surface area contributed by atoms with Crippen molar-refractivity contribution in [2.24, 2.45) is 5.92 Å². The molecule has 9 nitrogen and oxygen atoms in total. The van der Waals surface area contributed by atoms with Gasteiger partial charge in [0.15, 0.2) is 5.82 Å². The van der Waals surface area contributed by atoms with Crippen LogP contribution in [-0.4, -0.2) is 38.9 Å². The third-order valence-corrected chi connectivity index (χ3v) is 5.46. The number of anilines is 2. The minimum Gasteiger partial charge on any atom is -0.447 e. The summed E-state index contributed by atoms with van der Waals surface area (Å²) in [6.07, 6.45) is 5.93. The molecule has 2 aliphatic rings. The van der Waals surface area contributed by atoms with Crippen molar-refractivity contribution in [3.63, 3.8) is 0 Å². The van der Waals surface area contributed by atoms with Gasteiger partial charge in [0.05, 0.1) is 6.04 Å². The molecule has 2 atom stereocenters. The Bertz CT molecular complexity index is 833. The third kappa shape index (κ3) is 3.65. The lowest BCUT2D eigenvalue weighted by atomic mass is 10.0. The Balaban J connectivity index is 1.48. The Kier molecular flexibility index (Phi) is 5.15. The number of nitrogens with zero attached hydrogens (tertiary/aromatic N) is 5. The first kappa shape index (κ1) is 18.6. The molecular formula is C19H26N6O3. The van der Waals surface area contributed by atoms with Crippen LogP contribution >= 0.6 is 0 Å². The van der Waals surface area contributed by atoms with Gasteiger partial charge in [-0.05, 0) is 31.7 Å². The van der Waals surface area contributed by atoms with E-state index in [-0.39, 0.29) is 24.1 Å². The first-order valence-corrected chi connectivity index (χ1v) is 9.92. The van der Waals surface area contributed by atoms with Crippen LogP contribution in [0.5, 0.6) is 0 Å². The summed E-state index contributed by atoms with van der Waals surface area (Å²) in [6.45, 7) is 6.40. The van der Waals surface area contributed by atoms with E-state index in [4.69, 9.17) is 9.26 Å². The minimum absolute atomic E-state index is 0.0439. The number of ether oxygens (including phenoxy) is 1. The van der Waals surface area contributed by atoms with Gasteiger partial charge in [-0.3, -0.25) is 4.90 Å². The van der Waals surface area contributed by atoms with E-state index in [0.717, 1.165) is 18.7 Å². The number of carbonyl (C=O) groups excluding carboxylic acids is 1. The molecule has 4 rings (SSSR count). The first-order valence-electron chi connectivity index (χ1n) is 9.92. The van der Waals surface area contributed by atoms with Crippen molar-refractivity contribution in [3.05, 3.63) is 24.0 Å². The highest BCUT2D eigenvalue weighted by atomic mass is 16.6. The number of cyclic esters (lactones) is 1. The molecule has 1 N–H and O–H groups in total. The van der Waals surface area contributed by atoms with E-state index in [0.29, 0.717) is 30.2 Å². The maximum absolute atomic E-state index is 12.2. The van der Waals surface area contributed by atoms with Crippen molar-refractivity contribution in [2.75, 3.05) is 16.8 Å².